The Morgan fingerprint density at radius 2 is 1.11 bits per heavy atom. The van der Waals surface area contributed by atoms with Crippen molar-refractivity contribution >= 4 is 29.3 Å². The Morgan fingerprint density at radius 1 is 0.722 bits per heavy atom. The molecule has 0 saturated heterocycles. The van der Waals surface area contributed by atoms with Crippen molar-refractivity contribution in [2.75, 3.05) is 11.5 Å². The molecule has 4 rings (SSSR count). The fourth-order valence-corrected chi connectivity index (χ4v) is 5.58. The molecular weight excluding hydrogens is 484 g/mol. The van der Waals surface area contributed by atoms with Crippen LogP contribution >= 0.6 is 23.5 Å². The van der Waals surface area contributed by atoms with Gasteiger partial charge < -0.3 is 0 Å². The highest BCUT2D eigenvalue weighted by molar-refractivity contribution is 8.01. The SMILES string of the molecule is Cc1cc(-c2ccccc2)nc(SCC(=O)CSc2nc(-c3ccccc3)cc(C)c2C#N)c1C#N. The number of pyridine rings is 2. The van der Waals surface area contributed by atoms with E-state index in [9.17, 15) is 15.3 Å². The zero-order valence-electron chi connectivity index (χ0n) is 19.9. The summed E-state index contributed by atoms with van der Waals surface area (Å²) in [5.41, 5.74) is 6.08. The molecule has 2 aromatic heterocycles. The summed E-state index contributed by atoms with van der Waals surface area (Å²) in [5.74, 6) is 0.323. The Balaban J connectivity index is 1.49. The van der Waals surface area contributed by atoms with Crippen LogP contribution in [0.15, 0.2) is 82.8 Å². The summed E-state index contributed by atoms with van der Waals surface area (Å²) in [5, 5.41) is 20.4. The van der Waals surface area contributed by atoms with Crippen LogP contribution in [-0.2, 0) is 4.79 Å². The number of Topliss-reactive ketones (excluding diaryl/α,β-unsaturated/α-hetero) is 1. The van der Waals surface area contributed by atoms with Crippen molar-refractivity contribution in [1.29, 1.82) is 10.5 Å². The van der Waals surface area contributed by atoms with Gasteiger partial charge in [-0.25, -0.2) is 9.97 Å². The van der Waals surface area contributed by atoms with Crippen molar-refractivity contribution in [2.24, 2.45) is 0 Å². The highest BCUT2D eigenvalue weighted by Crippen LogP contribution is 2.30. The van der Waals surface area contributed by atoms with Crippen molar-refractivity contribution in [3.05, 3.63) is 95.1 Å². The van der Waals surface area contributed by atoms with Crippen LogP contribution in [0.2, 0.25) is 0 Å². The average Bonchev–Trinajstić information content (AvgIpc) is 2.91. The number of hydrogen-bond donors (Lipinski definition) is 0. The third kappa shape index (κ3) is 5.83. The Morgan fingerprint density at radius 3 is 1.47 bits per heavy atom. The smallest absolute Gasteiger partial charge is 0.153 e. The molecular formula is C29H22N4OS2. The predicted molar refractivity (Wildman–Crippen MR) is 145 cm³/mol. The van der Waals surface area contributed by atoms with E-state index in [1.165, 1.54) is 23.5 Å². The summed E-state index contributed by atoms with van der Waals surface area (Å²) in [6, 6.07) is 27.7. The fourth-order valence-electron chi connectivity index (χ4n) is 3.62. The first kappa shape index (κ1) is 25.2. The number of aryl methyl sites for hydroxylation is 2. The summed E-state index contributed by atoms with van der Waals surface area (Å²) in [4.78, 5) is 22.2. The molecule has 2 aromatic carbocycles. The molecule has 5 nitrogen and oxygen atoms in total. The number of ketones is 1. The van der Waals surface area contributed by atoms with Crippen LogP contribution in [0, 0.1) is 36.5 Å². The van der Waals surface area contributed by atoms with Crippen molar-refractivity contribution < 1.29 is 4.79 Å². The maximum Gasteiger partial charge on any atom is 0.153 e. The van der Waals surface area contributed by atoms with Gasteiger partial charge in [-0.3, -0.25) is 4.79 Å². The maximum absolute atomic E-state index is 12.8. The van der Waals surface area contributed by atoms with Gasteiger partial charge in [0.1, 0.15) is 22.2 Å². The fraction of sp³-hybridized carbons (Fsp3) is 0.138. The van der Waals surface area contributed by atoms with E-state index < -0.39 is 0 Å². The summed E-state index contributed by atoms with van der Waals surface area (Å²) < 4.78 is 0. The van der Waals surface area contributed by atoms with Gasteiger partial charge in [0.05, 0.1) is 34.0 Å². The van der Waals surface area contributed by atoms with Crippen LogP contribution < -0.4 is 0 Å². The van der Waals surface area contributed by atoms with E-state index in [0.717, 1.165) is 33.6 Å². The minimum Gasteiger partial charge on any atom is -0.298 e. The van der Waals surface area contributed by atoms with Gasteiger partial charge >= 0.3 is 0 Å². The molecule has 0 aliphatic carbocycles. The van der Waals surface area contributed by atoms with E-state index >= 15 is 0 Å². The topological polar surface area (TPSA) is 90.4 Å². The Bertz CT molecular complexity index is 1380. The number of nitriles is 2. The molecule has 0 radical (unpaired) electrons. The standard InChI is InChI=1S/C29H22N4OS2/c1-19-13-26(21-9-5-3-6-10-21)32-28(24(19)15-30)35-17-23(34)18-36-29-25(16-31)20(2)14-27(33-29)22-11-7-4-8-12-22/h3-14H,17-18H2,1-2H3. The van der Waals surface area contributed by atoms with Crippen molar-refractivity contribution in [3.63, 3.8) is 0 Å². The highest BCUT2D eigenvalue weighted by atomic mass is 32.2. The lowest BCUT2D eigenvalue weighted by Gasteiger charge is -2.10. The number of rotatable bonds is 8. The number of carbonyl (C=O) groups is 1. The molecule has 36 heavy (non-hydrogen) atoms. The molecule has 4 aromatic rings. The third-order valence-electron chi connectivity index (χ3n) is 5.47. The number of thioether (sulfide) groups is 2. The lowest BCUT2D eigenvalue weighted by Crippen LogP contribution is -2.07. The van der Waals surface area contributed by atoms with Crippen molar-refractivity contribution in [1.82, 2.24) is 9.97 Å². The van der Waals surface area contributed by atoms with Crippen molar-refractivity contribution in [2.45, 2.75) is 23.9 Å². The van der Waals surface area contributed by atoms with Gasteiger partial charge in [-0.15, -0.1) is 0 Å². The number of carbonyl (C=O) groups excluding carboxylic acids is 1. The molecule has 0 N–H and O–H groups in total. The highest BCUT2D eigenvalue weighted by Gasteiger charge is 2.16. The van der Waals surface area contributed by atoms with E-state index in [1.807, 2.05) is 86.6 Å². The predicted octanol–water partition coefficient (Wildman–Crippen LogP) is 6.62. The molecule has 0 saturated carbocycles. The minimum absolute atomic E-state index is 0.0214. The summed E-state index contributed by atoms with van der Waals surface area (Å²) in [7, 11) is 0. The second-order valence-corrected chi connectivity index (χ2v) is 10.0. The van der Waals surface area contributed by atoms with E-state index in [-0.39, 0.29) is 17.3 Å². The Labute approximate surface area is 219 Å². The lowest BCUT2D eigenvalue weighted by molar-refractivity contribution is -0.114. The zero-order valence-corrected chi connectivity index (χ0v) is 21.5. The van der Waals surface area contributed by atoms with Crippen LogP contribution in [0.25, 0.3) is 22.5 Å². The number of nitrogens with zero attached hydrogens (tertiary/aromatic N) is 4. The van der Waals surface area contributed by atoms with Crippen molar-refractivity contribution in [3.8, 4) is 34.7 Å². The van der Waals surface area contributed by atoms with Gasteiger partial charge in [-0.05, 0) is 37.1 Å². The molecule has 0 unspecified atom stereocenters. The van der Waals surface area contributed by atoms with Gasteiger partial charge in [0.15, 0.2) is 5.78 Å². The van der Waals surface area contributed by atoms with Crippen LogP contribution in [0.5, 0.6) is 0 Å². The van der Waals surface area contributed by atoms with E-state index in [0.29, 0.717) is 21.2 Å². The first-order valence-electron chi connectivity index (χ1n) is 11.2. The maximum atomic E-state index is 12.8. The van der Waals surface area contributed by atoms with E-state index in [2.05, 4.69) is 22.1 Å². The minimum atomic E-state index is -0.0214. The molecule has 0 amide bonds. The van der Waals surface area contributed by atoms with Crippen LogP contribution in [-0.4, -0.2) is 27.3 Å². The molecule has 0 aliphatic heterocycles. The lowest BCUT2D eigenvalue weighted by atomic mass is 10.1. The summed E-state index contributed by atoms with van der Waals surface area (Å²) in [6.45, 7) is 3.76. The average molecular weight is 507 g/mol. The van der Waals surface area contributed by atoms with Gasteiger partial charge in [-0.2, -0.15) is 10.5 Å². The second kappa shape index (κ2) is 11.7. The van der Waals surface area contributed by atoms with Crippen LogP contribution in [0.3, 0.4) is 0 Å². The van der Waals surface area contributed by atoms with Gasteiger partial charge in [0.2, 0.25) is 0 Å². The van der Waals surface area contributed by atoms with Crippen LogP contribution in [0.1, 0.15) is 22.3 Å². The normalized spacial score (nSPS) is 10.4. The Hall–Kier alpha value is -3.91. The quantitative estimate of drug-likeness (QED) is 0.248. The summed E-state index contributed by atoms with van der Waals surface area (Å²) in [6.07, 6.45) is 0. The molecule has 0 atom stereocenters. The van der Waals surface area contributed by atoms with Gasteiger partial charge in [0, 0.05) is 11.1 Å². The Kier molecular flexibility index (Phi) is 8.17. The molecule has 176 valence electrons. The molecule has 0 spiro atoms. The molecule has 0 bridgehead atoms. The van der Waals surface area contributed by atoms with E-state index in [1.54, 1.807) is 0 Å². The van der Waals surface area contributed by atoms with E-state index in [4.69, 9.17) is 0 Å². The molecule has 0 aliphatic rings. The first-order valence-corrected chi connectivity index (χ1v) is 13.2. The zero-order chi connectivity index (χ0) is 25.5. The molecule has 2 heterocycles. The monoisotopic (exact) mass is 506 g/mol. The molecule has 0 fully saturated rings. The van der Waals surface area contributed by atoms with Gasteiger partial charge in [-0.1, -0.05) is 84.2 Å². The third-order valence-corrected chi connectivity index (χ3v) is 7.54. The van der Waals surface area contributed by atoms with Gasteiger partial charge in [0.25, 0.3) is 0 Å². The summed E-state index contributed by atoms with van der Waals surface area (Å²) >= 11 is 2.54. The first-order chi connectivity index (χ1) is 17.5. The largest absolute Gasteiger partial charge is 0.298 e. The number of benzene rings is 2. The number of aromatic nitrogens is 2. The second-order valence-electron chi connectivity index (χ2n) is 8.08. The number of hydrogen-bond acceptors (Lipinski definition) is 7. The van der Waals surface area contributed by atoms with Crippen LogP contribution in [0.4, 0.5) is 0 Å². The molecule has 7 heteroatoms.